The predicted molar refractivity (Wildman–Crippen MR) is 61.4 cm³/mol. The molecule has 0 radical (unpaired) electrons. The molecule has 1 unspecified atom stereocenters. The Morgan fingerprint density at radius 2 is 2.00 bits per heavy atom. The van der Waals surface area contributed by atoms with Crippen molar-refractivity contribution < 1.29 is 0 Å². The molecule has 1 saturated heterocycles. The Labute approximate surface area is 88.0 Å². The Kier molecular flexibility index (Phi) is 6.15. The molecule has 1 rings (SSSR count). The quantitative estimate of drug-likeness (QED) is 0.622. The van der Waals surface area contributed by atoms with E-state index < -0.39 is 0 Å². The van der Waals surface area contributed by atoms with Crippen molar-refractivity contribution >= 4 is 0 Å². The van der Waals surface area contributed by atoms with E-state index in [0.717, 1.165) is 19.5 Å². The van der Waals surface area contributed by atoms with Crippen LogP contribution in [0, 0.1) is 0 Å². The summed E-state index contributed by atoms with van der Waals surface area (Å²) >= 11 is 0. The molecular formula is C11H25N3. The first-order valence-corrected chi connectivity index (χ1v) is 5.98. The monoisotopic (exact) mass is 199 g/mol. The van der Waals surface area contributed by atoms with Gasteiger partial charge in [0.15, 0.2) is 0 Å². The summed E-state index contributed by atoms with van der Waals surface area (Å²) in [5.74, 6) is 0. The van der Waals surface area contributed by atoms with Gasteiger partial charge in [-0.25, -0.2) is 0 Å². The lowest BCUT2D eigenvalue weighted by molar-refractivity contribution is 0.209. The number of nitrogens with two attached hydrogens (primary N) is 1. The zero-order chi connectivity index (χ0) is 10.2. The van der Waals surface area contributed by atoms with Crippen molar-refractivity contribution in [1.82, 2.24) is 10.2 Å². The van der Waals surface area contributed by atoms with E-state index in [1.165, 1.54) is 38.9 Å². The molecule has 1 heterocycles. The fourth-order valence-corrected chi connectivity index (χ4v) is 2.04. The molecule has 3 heteroatoms. The van der Waals surface area contributed by atoms with Gasteiger partial charge >= 0.3 is 0 Å². The maximum absolute atomic E-state index is 5.45. The van der Waals surface area contributed by atoms with Crippen LogP contribution in [0.25, 0.3) is 0 Å². The van der Waals surface area contributed by atoms with Crippen molar-refractivity contribution in [3.8, 4) is 0 Å². The Morgan fingerprint density at radius 3 is 2.64 bits per heavy atom. The van der Waals surface area contributed by atoms with E-state index in [1.54, 1.807) is 0 Å². The third-order valence-electron chi connectivity index (χ3n) is 2.85. The van der Waals surface area contributed by atoms with Crippen molar-refractivity contribution in [2.75, 3.05) is 32.7 Å². The molecule has 3 N–H and O–H groups in total. The van der Waals surface area contributed by atoms with Crippen molar-refractivity contribution in [2.24, 2.45) is 5.73 Å². The summed E-state index contributed by atoms with van der Waals surface area (Å²) in [4.78, 5) is 2.57. The van der Waals surface area contributed by atoms with E-state index in [1.807, 2.05) is 0 Å². The van der Waals surface area contributed by atoms with Crippen molar-refractivity contribution in [3.63, 3.8) is 0 Å². The molecule has 14 heavy (non-hydrogen) atoms. The first kappa shape index (κ1) is 12.0. The number of likely N-dealkylation sites (tertiary alicyclic amines) is 1. The van der Waals surface area contributed by atoms with Gasteiger partial charge in [-0.1, -0.05) is 6.42 Å². The van der Waals surface area contributed by atoms with Gasteiger partial charge in [-0.3, -0.25) is 0 Å². The molecule has 1 aliphatic rings. The lowest BCUT2D eigenvalue weighted by atomic mass is 10.1. The number of nitrogens with zero attached hydrogens (tertiary/aromatic N) is 1. The Morgan fingerprint density at radius 1 is 1.29 bits per heavy atom. The second-order valence-electron chi connectivity index (χ2n) is 4.36. The van der Waals surface area contributed by atoms with Crippen LogP contribution in [0.4, 0.5) is 0 Å². The summed E-state index contributed by atoms with van der Waals surface area (Å²) < 4.78 is 0. The summed E-state index contributed by atoms with van der Waals surface area (Å²) in [6.07, 6.45) is 5.28. The zero-order valence-corrected chi connectivity index (χ0v) is 9.47. The summed E-state index contributed by atoms with van der Waals surface area (Å²) in [6, 6.07) is 0.611. The van der Waals surface area contributed by atoms with Crippen molar-refractivity contribution in [3.05, 3.63) is 0 Å². The first-order valence-electron chi connectivity index (χ1n) is 5.98. The average molecular weight is 199 g/mol. The number of rotatable bonds is 6. The molecule has 0 aliphatic carbocycles. The Balaban J connectivity index is 2.03. The smallest absolute Gasteiger partial charge is 0.0166 e. The molecule has 0 saturated carbocycles. The summed E-state index contributed by atoms with van der Waals surface area (Å²) in [7, 11) is 0. The van der Waals surface area contributed by atoms with Gasteiger partial charge in [0.25, 0.3) is 0 Å². The third kappa shape index (κ3) is 4.94. The van der Waals surface area contributed by atoms with Gasteiger partial charge in [0, 0.05) is 12.6 Å². The number of hydrogen-bond acceptors (Lipinski definition) is 3. The normalized spacial score (nSPS) is 21.0. The molecule has 1 aliphatic heterocycles. The van der Waals surface area contributed by atoms with E-state index in [9.17, 15) is 0 Å². The van der Waals surface area contributed by atoms with E-state index in [2.05, 4.69) is 17.1 Å². The topological polar surface area (TPSA) is 41.3 Å². The highest BCUT2D eigenvalue weighted by molar-refractivity contribution is 4.71. The van der Waals surface area contributed by atoms with E-state index in [-0.39, 0.29) is 0 Å². The zero-order valence-electron chi connectivity index (χ0n) is 9.47. The van der Waals surface area contributed by atoms with Crippen LogP contribution < -0.4 is 11.1 Å². The third-order valence-corrected chi connectivity index (χ3v) is 2.85. The minimum atomic E-state index is 0.611. The van der Waals surface area contributed by atoms with Crippen LogP contribution in [0.5, 0.6) is 0 Å². The number of hydrogen-bond donors (Lipinski definition) is 2. The summed E-state index contributed by atoms with van der Waals surface area (Å²) in [5, 5.41) is 3.51. The largest absolute Gasteiger partial charge is 0.330 e. The van der Waals surface area contributed by atoms with Gasteiger partial charge in [0.2, 0.25) is 0 Å². The molecule has 0 aromatic heterocycles. The van der Waals surface area contributed by atoms with Crippen LogP contribution in [0.2, 0.25) is 0 Å². The molecule has 0 bridgehead atoms. The number of piperidine rings is 1. The molecular weight excluding hydrogens is 174 g/mol. The van der Waals surface area contributed by atoms with Crippen LogP contribution in [0.1, 0.15) is 32.6 Å². The van der Waals surface area contributed by atoms with Crippen LogP contribution >= 0.6 is 0 Å². The lowest BCUT2D eigenvalue weighted by Gasteiger charge is -2.29. The molecule has 0 amide bonds. The molecule has 84 valence electrons. The fraction of sp³-hybridized carbons (Fsp3) is 1.00. The predicted octanol–water partition coefficient (Wildman–Crippen LogP) is 0.799. The van der Waals surface area contributed by atoms with Gasteiger partial charge in [0.1, 0.15) is 0 Å². The Bertz CT molecular complexity index is 132. The highest BCUT2D eigenvalue weighted by atomic mass is 15.1. The second kappa shape index (κ2) is 7.21. The molecule has 0 aromatic carbocycles. The molecule has 1 fully saturated rings. The molecule has 0 aromatic rings. The van der Waals surface area contributed by atoms with Gasteiger partial charge in [-0.15, -0.1) is 0 Å². The summed E-state index contributed by atoms with van der Waals surface area (Å²) in [6.45, 7) is 7.91. The minimum Gasteiger partial charge on any atom is -0.330 e. The molecule has 0 spiro atoms. The highest BCUT2D eigenvalue weighted by Gasteiger charge is 2.12. The summed E-state index contributed by atoms with van der Waals surface area (Å²) in [5.41, 5.74) is 5.45. The average Bonchev–Trinajstić information content (AvgIpc) is 2.20. The highest BCUT2D eigenvalue weighted by Crippen LogP contribution is 2.08. The fourth-order valence-electron chi connectivity index (χ4n) is 2.04. The van der Waals surface area contributed by atoms with Gasteiger partial charge < -0.3 is 16.0 Å². The van der Waals surface area contributed by atoms with E-state index in [4.69, 9.17) is 5.73 Å². The maximum Gasteiger partial charge on any atom is 0.0166 e. The van der Waals surface area contributed by atoms with Gasteiger partial charge in [-0.05, 0) is 52.4 Å². The minimum absolute atomic E-state index is 0.611. The van der Waals surface area contributed by atoms with Gasteiger partial charge in [0.05, 0.1) is 0 Å². The van der Waals surface area contributed by atoms with Crippen LogP contribution in [-0.4, -0.2) is 43.7 Å². The van der Waals surface area contributed by atoms with Crippen molar-refractivity contribution in [1.29, 1.82) is 0 Å². The van der Waals surface area contributed by atoms with Crippen LogP contribution in [-0.2, 0) is 0 Å². The van der Waals surface area contributed by atoms with E-state index >= 15 is 0 Å². The second-order valence-corrected chi connectivity index (χ2v) is 4.36. The SMILES string of the molecule is CC(CN1CCCCC1)NCCCN. The lowest BCUT2D eigenvalue weighted by Crippen LogP contribution is -2.42. The van der Waals surface area contributed by atoms with Crippen LogP contribution in [0.15, 0.2) is 0 Å². The standard InChI is InChI=1S/C11H25N3/c1-11(13-7-5-6-12)10-14-8-3-2-4-9-14/h11,13H,2-10,12H2,1H3. The molecule has 3 nitrogen and oxygen atoms in total. The van der Waals surface area contributed by atoms with Gasteiger partial charge in [-0.2, -0.15) is 0 Å². The van der Waals surface area contributed by atoms with Crippen LogP contribution in [0.3, 0.4) is 0 Å². The Hall–Kier alpha value is -0.120. The molecule has 1 atom stereocenters. The maximum atomic E-state index is 5.45. The van der Waals surface area contributed by atoms with Crippen molar-refractivity contribution in [2.45, 2.75) is 38.6 Å². The number of nitrogens with one attached hydrogen (secondary N) is 1. The van der Waals surface area contributed by atoms with E-state index in [0.29, 0.717) is 6.04 Å². The first-order chi connectivity index (χ1) is 6.83.